The molecule has 0 fully saturated rings. The summed E-state index contributed by atoms with van der Waals surface area (Å²) in [4.78, 5) is 14.3. The number of carbonyl (C=O) groups is 1. The lowest BCUT2D eigenvalue weighted by Gasteiger charge is -2.25. The number of hydrogen-bond acceptors (Lipinski definition) is 2. The van der Waals surface area contributed by atoms with Crippen molar-refractivity contribution in [2.75, 3.05) is 19.6 Å². The van der Waals surface area contributed by atoms with Gasteiger partial charge < -0.3 is 10.6 Å². The largest absolute Gasteiger partial charge is 0.343 e. The Labute approximate surface area is 114 Å². The molecule has 0 heterocycles. The van der Waals surface area contributed by atoms with E-state index in [1.54, 1.807) is 0 Å². The molecule has 1 atom stereocenters. The summed E-state index contributed by atoms with van der Waals surface area (Å²) in [6.45, 7) is 5.90. The first-order valence-corrected chi connectivity index (χ1v) is 6.76. The van der Waals surface area contributed by atoms with Crippen molar-refractivity contribution >= 4 is 17.5 Å². The summed E-state index contributed by atoms with van der Waals surface area (Å²) >= 11 is 5.98. The highest BCUT2D eigenvalue weighted by Gasteiger charge is 2.23. The molecule has 1 aromatic rings. The number of nitrogens with two attached hydrogens (primary N) is 1. The molecule has 3 nitrogen and oxygen atoms in total. The van der Waals surface area contributed by atoms with Gasteiger partial charge in [0.1, 0.15) is 0 Å². The molecule has 0 aliphatic heterocycles. The van der Waals surface area contributed by atoms with E-state index >= 15 is 0 Å². The van der Waals surface area contributed by atoms with Crippen molar-refractivity contribution in [3.63, 3.8) is 0 Å². The van der Waals surface area contributed by atoms with Gasteiger partial charge in [-0.15, -0.1) is 0 Å². The van der Waals surface area contributed by atoms with Crippen LogP contribution in [0.4, 0.5) is 0 Å². The molecule has 1 rings (SSSR count). The normalized spacial score (nSPS) is 12.2. The van der Waals surface area contributed by atoms with Gasteiger partial charge in [-0.05, 0) is 44.5 Å². The Morgan fingerprint density at radius 1 is 1.39 bits per heavy atom. The molecule has 0 spiro atoms. The van der Waals surface area contributed by atoms with Crippen molar-refractivity contribution in [1.29, 1.82) is 0 Å². The number of halogens is 1. The summed E-state index contributed by atoms with van der Waals surface area (Å²) < 4.78 is 0. The first kappa shape index (κ1) is 15.0. The van der Waals surface area contributed by atoms with Crippen LogP contribution in [-0.2, 0) is 4.79 Å². The molecule has 0 aromatic heterocycles. The van der Waals surface area contributed by atoms with Crippen LogP contribution < -0.4 is 5.73 Å². The highest BCUT2D eigenvalue weighted by atomic mass is 35.5. The van der Waals surface area contributed by atoms with E-state index in [4.69, 9.17) is 17.3 Å². The number of rotatable bonds is 6. The molecule has 0 radical (unpaired) electrons. The lowest BCUT2D eigenvalue weighted by atomic mass is 9.94. The molecule has 18 heavy (non-hydrogen) atoms. The molecular weight excluding hydrogens is 248 g/mol. The number of carbonyl (C=O) groups excluding carboxylic acids is 1. The Kier molecular flexibility index (Phi) is 6.16. The molecule has 1 amide bonds. The molecule has 0 saturated carbocycles. The van der Waals surface area contributed by atoms with Crippen molar-refractivity contribution in [2.45, 2.75) is 26.2 Å². The van der Waals surface area contributed by atoms with Crippen LogP contribution in [0.1, 0.15) is 31.7 Å². The summed E-state index contributed by atoms with van der Waals surface area (Å²) in [6, 6.07) is 7.47. The van der Waals surface area contributed by atoms with Gasteiger partial charge in [0, 0.05) is 18.1 Å². The van der Waals surface area contributed by atoms with Gasteiger partial charge in [0.25, 0.3) is 0 Å². The summed E-state index contributed by atoms with van der Waals surface area (Å²) in [6.07, 6.45) is 0.648. The van der Waals surface area contributed by atoms with E-state index in [-0.39, 0.29) is 11.8 Å². The molecular formula is C14H21ClN2O. The third kappa shape index (κ3) is 3.72. The monoisotopic (exact) mass is 268 g/mol. The number of nitrogens with zero attached hydrogens (tertiary/aromatic N) is 1. The van der Waals surface area contributed by atoms with Crippen LogP contribution in [-0.4, -0.2) is 30.4 Å². The van der Waals surface area contributed by atoms with Gasteiger partial charge in [-0.2, -0.15) is 0 Å². The Hall–Kier alpha value is -1.06. The molecule has 100 valence electrons. The molecule has 1 unspecified atom stereocenters. The molecule has 4 heteroatoms. The topological polar surface area (TPSA) is 46.3 Å². The minimum absolute atomic E-state index is 0.132. The zero-order valence-electron chi connectivity index (χ0n) is 11.0. The first-order chi connectivity index (χ1) is 8.63. The molecule has 0 saturated heterocycles. The van der Waals surface area contributed by atoms with Crippen molar-refractivity contribution in [3.05, 3.63) is 34.9 Å². The van der Waals surface area contributed by atoms with E-state index < -0.39 is 0 Å². The quantitative estimate of drug-likeness (QED) is 0.862. The first-order valence-electron chi connectivity index (χ1n) is 6.38. The van der Waals surface area contributed by atoms with Gasteiger partial charge in [-0.3, -0.25) is 4.79 Å². The van der Waals surface area contributed by atoms with Gasteiger partial charge >= 0.3 is 0 Å². The summed E-state index contributed by atoms with van der Waals surface area (Å²) in [5, 5.41) is 0.655. The van der Waals surface area contributed by atoms with Crippen LogP contribution in [0.3, 0.4) is 0 Å². The zero-order valence-corrected chi connectivity index (χ0v) is 11.8. The van der Waals surface area contributed by atoms with Crippen LogP contribution >= 0.6 is 11.6 Å². The molecule has 0 bridgehead atoms. The Bertz CT molecular complexity index is 391. The lowest BCUT2D eigenvalue weighted by molar-refractivity contribution is -0.132. The standard InChI is InChI=1S/C14H21ClN2O/c1-3-17(4-2)14(18)13(8-9-16)11-6-5-7-12(15)10-11/h5-7,10,13H,3-4,8-9,16H2,1-2H3. The second kappa shape index (κ2) is 7.39. The van der Waals surface area contributed by atoms with Gasteiger partial charge in [-0.1, -0.05) is 23.7 Å². The summed E-state index contributed by atoms with van der Waals surface area (Å²) in [5.41, 5.74) is 6.57. The van der Waals surface area contributed by atoms with E-state index in [9.17, 15) is 4.79 Å². The fraction of sp³-hybridized carbons (Fsp3) is 0.500. The van der Waals surface area contributed by atoms with Crippen LogP contribution in [0.2, 0.25) is 5.02 Å². The van der Waals surface area contributed by atoms with Crippen molar-refractivity contribution in [2.24, 2.45) is 5.73 Å². The van der Waals surface area contributed by atoms with Crippen LogP contribution in [0.25, 0.3) is 0 Å². The fourth-order valence-corrected chi connectivity index (χ4v) is 2.28. The van der Waals surface area contributed by atoms with Gasteiger partial charge in [-0.25, -0.2) is 0 Å². The maximum absolute atomic E-state index is 12.4. The minimum Gasteiger partial charge on any atom is -0.343 e. The van der Waals surface area contributed by atoms with E-state index in [0.717, 1.165) is 18.7 Å². The van der Waals surface area contributed by atoms with Crippen LogP contribution in [0.5, 0.6) is 0 Å². The highest BCUT2D eigenvalue weighted by molar-refractivity contribution is 6.30. The molecule has 2 N–H and O–H groups in total. The molecule has 0 aliphatic rings. The minimum atomic E-state index is -0.186. The van der Waals surface area contributed by atoms with E-state index in [1.807, 2.05) is 43.0 Å². The van der Waals surface area contributed by atoms with Gasteiger partial charge in [0.2, 0.25) is 5.91 Å². The van der Waals surface area contributed by atoms with E-state index in [2.05, 4.69) is 0 Å². The van der Waals surface area contributed by atoms with Crippen molar-refractivity contribution in [3.8, 4) is 0 Å². The van der Waals surface area contributed by atoms with Crippen molar-refractivity contribution < 1.29 is 4.79 Å². The average Bonchev–Trinajstić information content (AvgIpc) is 2.37. The predicted octanol–water partition coefficient (Wildman–Crippen LogP) is 2.64. The van der Waals surface area contributed by atoms with Crippen molar-refractivity contribution in [1.82, 2.24) is 4.90 Å². The zero-order chi connectivity index (χ0) is 13.5. The van der Waals surface area contributed by atoms with E-state index in [1.165, 1.54) is 0 Å². The maximum Gasteiger partial charge on any atom is 0.230 e. The summed E-state index contributed by atoms with van der Waals surface area (Å²) in [7, 11) is 0. The molecule has 1 aromatic carbocycles. The third-order valence-corrected chi connectivity index (χ3v) is 3.31. The fourth-order valence-electron chi connectivity index (χ4n) is 2.08. The second-order valence-corrected chi connectivity index (χ2v) is 4.63. The second-order valence-electron chi connectivity index (χ2n) is 4.20. The number of amides is 1. The smallest absolute Gasteiger partial charge is 0.230 e. The van der Waals surface area contributed by atoms with Gasteiger partial charge in [0.15, 0.2) is 0 Å². The Morgan fingerprint density at radius 3 is 2.56 bits per heavy atom. The number of hydrogen-bond donors (Lipinski definition) is 1. The van der Waals surface area contributed by atoms with Crippen LogP contribution in [0, 0.1) is 0 Å². The number of benzene rings is 1. The SMILES string of the molecule is CCN(CC)C(=O)C(CCN)c1cccc(Cl)c1. The van der Waals surface area contributed by atoms with E-state index in [0.29, 0.717) is 18.0 Å². The van der Waals surface area contributed by atoms with Crippen LogP contribution in [0.15, 0.2) is 24.3 Å². The van der Waals surface area contributed by atoms with Gasteiger partial charge in [0.05, 0.1) is 5.92 Å². The average molecular weight is 269 g/mol. The summed E-state index contributed by atoms with van der Waals surface area (Å²) in [5.74, 6) is -0.0543. The lowest BCUT2D eigenvalue weighted by Crippen LogP contribution is -2.35. The number of likely N-dealkylation sites (N-methyl/N-ethyl adjacent to an activating group) is 1. The Balaban J connectivity index is 2.98. The maximum atomic E-state index is 12.4. The Morgan fingerprint density at radius 2 is 2.06 bits per heavy atom. The molecule has 0 aliphatic carbocycles. The third-order valence-electron chi connectivity index (χ3n) is 3.08. The highest BCUT2D eigenvalue weighted by Crippen LogP contribution is 2.24. The predicted molar refractivity (Wildman–Crippen MR) is 75.8 cm³/mol.